The topological polar surface area (TPSA) is 75.6 Å². The van der Waals surface area contributed by atoms with Crippen molar-refractivity contribution in [3.8, 4) is 5.75 Å². The van der Waals surface area contributed by atoms with E-state index in [2.05, 4.69) is 25.6 Å². The summed E-state index contributed by atoms with van der Waals surface area (Å²) in [6.07, 6.45) is 0. The number of aromatic nitrogens is 1. The van der Waals surface area contributed by atoms with Gasteiger partial charge in [0.1, 0.15) is 5.75 Å². The van der Waals surface area contributed by atoms with Crippen molar-refractivity contribution in [3.63, 3.8) is 0 Å². The molecule has 0 aliphatic carbocycles. The molecule has 140 valence electrons. The lowest BCUT2D eigenvalue weighted by Gasteiger charge is -2.06. The molecule has 3 aromatic rings. The number of anilines is 1. The number of nitrogens with zero attached hydrogens (tertiary/aromatic N) is 2. The van der Waals surface area contributed by atoms with E-state index in [0.29, 0.717) is 16.4 Å². The maximum atomic E-state index is 12.1. The zero-order valence-electron chi connectivity index (χ0n) is 14.3. The molecule has 0 saturated heterocycles. The average molecular weight is 390 g/mol. The minimum atomic E-state index is -2.87. The highest BCUT2D eigenvalue weighted by Crippen LogP contribution is 2.25. The Kier molecular flexibility index (Phi) is 5.92. The van der Waals surface area contributed by atoms with Crippen LogP contribution in [-0.2, 0) is 4.79 Å². The van der Waals surface area contributed by atoms with E-state index < -0.39 is 6.61 Å². The molecule has 0 spiro atoms. The first-order valence-corrected chi connectivity index (χ1v) is 8.81. The first-order chi connectivity index (χ1) is 13.0. The second-order valence-electron chi connectivity index (χ2n) is 5.48. The number of halogens is 2. The first-order valence-electron chi connectivity index (χ1n) is 7.99. The number of carbonyl (C=O) groups excluding carboxylic acids is 1. The lowest BCUT2D eigenvalue weighted by Crippen LogP contribution is -2.26. The van der Waals surface area contributed by atoms with Crippen LogP contribution in [0.25, 0.3) is 10.2 Å². The molecule has 0 atom stereocenters. The molecule has 0 aliphatic heterocycles. The van der Waals surface area contributed by atoms with Crippen molar-refractivity contribution in [3.05, 3.63) is 54.1 Å². The molecule has 0 radical (unpaired) electrons. The van der Waals surface area contributed by atoms with Gasteiger partial charge in [-0.05, 0) is 48.9 Å². The third-order valence-corrected chi connectivity index (χ3v) is 4.53. The second kappa shape index (κ2) is 8.54. The fourth-order valence-electron chi connectivity index (χ4n) is 2.23. The lowest BCUT2D eigenvalue weighted by molar-refractivity contribution is -0.119. The molecule has 1 heterocycles. The molecule has 0 bridgehead atoms. The van der Waals surface area contributed by atoms with Crippen LogP contribution in [0.15, 0.2) is 53.6 Å². The van der Waals surface area contributed by atoms with E-state index in [1.54, 1.807) is 19.1 Å². The Morgan fingerprint density at radius 1 is 1.22 bits per heavy atom. The van der Waals surface area contributed by atoms with Crippen molar-refractivity contribution in [2.24, 2.45) is 5.10 Å². The third kappa shape index (κ3) is 5.20. The maximum Gasteiger partial charge on any atom is 0.387 e. The molecule has 1 amide bonds. The highest BCUT2D eigenvalue weighted by molar-refractivity contribution is 7.22. The van der Waals surface area contributed by atoms with Crippen molar-refractivity contribution < 1.29 is 18.3 Å². The van der Waals surface area contributed by atoms with Gasteiger partial charge in [-0.1, -0.05) is 23.5 Å². The van der Waals surface area contributed by atoms with Crippen LogP contribution in [0.2, 0.25) is 0 Å². The Morgan fingerprint density at radius 2 is 1.96 bits per heavy atom. The largest absolute Gasteiger partial charge is 0.435 e. The number of rotatable bonds is 7. The maximum absolute atomic E-state index is 12.1. The van der Waals surface area contributed by atoms with Gasteiger partial charge in [0.25, 0.3) is 5.91 Å². The van der Waals surface area contributed by atoms with Crippen molar-refractivity contribution in [2.75, 3.05) is 11.9 Å². The van der Waals surface area contributed by atoms with Gasteiger partial charge in [0.15, 0.2) is 5.13 Å². The monoisotopic (exact) mass is 390 g/mol. The van der Waals surface area contributed by atoms with Crippen LogP contribution in [0.5, 0.6) is 5.75 Å². The second-order valence-corrected chi connectivity index (χ2v) is 6.51. The number of hydrogen-bond donors (Lipinski definition) is 2. The minimum Gasteiger partial charge on any atom is -0.435 e. The van der Waals surface area contributed by atoms with Crippen molar-refractivity contribution >= 4 is 38.3 Å². The summed E-state index contributed by atoms with van der Waals surface area (Å²) in [6.45, 7) is -1.14. The molecule has 0 unspecified atom stereocenters. The smallest absolute Gasteiger partial charge is 0.387 e. The number of nitrogens with one attached hydrogen (secondary N) is 2. The Labute approximate surface area is 157 Å². The molecule has 6 nitrogen and oxygen atoms in total. The van der Waals surface area contributed by atoms with Crippen LogP contribution in [0.4, 0.5) is 13.9 Å². The van der Waals surface area contributed by atoms with E-state index in [0.717, 1.165) is 10.2 Å². The minimum absolute atomic E-state index is 0.0256. The summed E-state index contributed by atoms with van der Waals surface area (Å²) >= 11 is 1.46. The summed E-state index contributed by atoms with van der Waals surface area (Å²) < 4.78 is 29.6. The standard InChI is InChI=1S/C18H16F2N4O2S/c1-11(12-6-8-13(9-7-12)26-17(19)20)23-24-16(25)10-21-18-22-14-4-2-3-5-15(14)27-18/h2-9,17H,10H2,1H3,(H,21,22)(H,24,25)/b23-11-. The van der Waals surface area contributed by atoms with Crippen LogP contribution in [-0.4, -0.2) is 29.8 Å². The quantitative estimate of drug-likeness (QED) is 0.475. The van der Waals surface area contributed by atoms with Crippen LogP contribution in [0.3, 0.4) is 0 Å². The van der Waals surface area contributed by atoms with E-state index in [1.807, 2.05) is 24.3 Å². The van der Waals surface area contributed by atoms with Gasteiger partial charge in [-0.3, -0.25) is 4.79 Å². The molecular weight excluding hydrogens is 374 g/mol. The van der Waals surface area contributed by atoms with Crippen molar-refractivity contribution in [1.82, 2.24) is 10.4 Å². The number of benzene rings is 2. The average Bonchev–Trinajstić information content (AvgIpc) is 3.07. The van der Waals surface area contributed by atoms with Crippen molar-refractivity contribution in [2.45, 2.75) is 13.5 Å². The molecular formula is C18H16F2N4O2S. The Bertz CT molecular complexity index is 924. The van der Waals surface area contributed by atoms with Crippen LogP contribution >= 0.6 is 11.3 Å². The summed E-state index contributed by atoms with van der Waals surface area (Å²) in [5.74, 6) is -0.267. The highest BCUT2D eigenvalue weighted by Gasteiger charge is 2.07. The van der Waals surface area contributed by atoms with E-state index in [1.165, 1.54) is 23.5 Å². The molecule has 0 fully saturated rings. The molecule has 2 aromatic carbocycles. The summed E-state index contributed by atoms with van der Waals surface area (Å²) in [4.78, 5) is 16.3. The Hall–Kier alpha value is -3.07. The number of thiazole rings is 1. The predicted molar refractivity (Wildman–Crippen MR) is 102 cm³/mol. The molecule has 0 aliphatic rings. The molecule has 27 heavy (non-hydrogen) atoms. The van der Waals surface area contributed by atoms with Gasteiger partial charge in [0.2, 0.25) is 0 Å². The van der Waals surface area contributed by atoms with E-state index in [-0.39, 0.29) is 18.2 Å². The number of alkyl halides is 2. The number of hydrogen-bond acceptors (Lipinski definition) is 6. The zero-order chi connectivity index (χ0) is 19.2. The normalized spacial score (nSPS) is 11.6. The van der Waals surface area contributed by atoms with Crippen LogP contribution < -0.4 is 15.5 Å². The molecule has 3 rings (SSSR count). The van der Waals surface area contributed by atoms with E-state index in [4.69, 9.17) is 0 Å². The van der Waals surface area contributed by atoms with Gasteiger partial charge < -0.3 is 10.1 Å². The number of amides is 1. The third-order valence-electron chi connectivity index (χ3n) is 3.54. The molecule has 9 heteroatoms. The summed E-state index contributed by atoms with van der Waals surface area (Å²) in [6, 6.07) is 13.7. The number of ether oxygens (including phenoxy) is 1. The van der Waals surface area contributed by atoms with Gasteiger partial charge in [-0.2, -0.15) is 13.9 Å². The van der Waals surface area contributed by atoms with E-state index >= 15 is 0 Å². The number of para-hydroxylation sites is 1. The predicted octanol–water partition coefficient (Wildman–Crippen LogP) is 3.85. The van der Waals surface area contributed by atoms with Gasteiger partial charge in [0, 0.05) is 0 Å². The van der Waals surface area contributed by atoms with Crippen LogP contribution in [0.1, 0.15) is 12.5 Å². The van der Waals surface area contributed by atoms with E-state index in [9.17, 15) is 13.6 Å². The van der Waals surface area contributed by atoms with Crippen LogP contribution in [0, 0.1) is 0 Å². The number of hydrazone groups is 1. The molecule has 1 aromatic heterocycles. The number of carbonyl (C=O) groups is 1. The fourth-order valence-corrected chi connectivity index (χ4v) is 3.09. The first kappa shape index (κ1) is 18.7. The zero-order valence-corrected chi connectivity index (χ0v) is 15.1. The van der Waals surface area contributed by atoms with Gasteiger partial charge >= 0.3 is 6.61 Å². The number of fused-ring (bicyclic) bond motifs is 1. The molecule has 2 N–H and O–H groups in total. The SMILES string of the molecule is C/C(=N/NC(=O)CNc1nc2ccccc2s1)c1ccc(OC(F)F)cc1. The van der Waals surface area contributed by atoms with Gasteiger partial charge in [-0.15, -0.1) is 0 Å². The summed E-state index contributed by atoms with van der Waals surface area (Å²) in [5.41, 5.74) is 4.53. The fraction of sp³-hybridized carbons (Fsp3) is 0.167. The van der Waals surface area contributed by atoms with Crippen molar-refractivity contribution in [1.29, 1.82) is 0 Å². The Balaban J connectivity index is 1.52. The summed E-state index contributed by atoms with van der Waals surface area (Å²) in [7, 11) is 0. The van der Waals surface area contributed by atoms with Gasteiger partial charge in [-0.25, -0.2) is 10.4 Å². The highest BCUT2D eigenvalue weighted by atomic mass is 32.1. The lowest BCUT2D eigenvalue weighted by atomic mass is 10.1. The van der Waals surface area contributed by atoms with Gasteiger partial charge in [0.05, 0.1) is 22.5 Å². The summed E-state index contributed by atoms with van der Waals surface area (Å²) in [5, 5.41) is 7.63. The molecule has 0 saturated carbocycles. The Morgan fingerprint density at radius 3 is 2.67 bits per heavy atom.